The average Bonchev–Trinajstić information content (AvgIpc) is 3.71. The van der Waals surface area contributed by atoms with Gasteiger partial charge in [0, 0.05) is 0 Å². The molecular weight excluding hydrogens is 1160 g/mol. The minimum absolute atomic E-state index is 0. The van der Waals surface area contributed by atoms with Gasteiger partial charge in [-0.1, -0.05) is 412 Å². The molecule has 0 aliphatic heterocycles. The first kappa shape index (κ1) is 88.5. The topological polar surface area (TPSA) is 114 Å². The molecule has 0 atom stereocenters. The van der Waals surface area contributed by atoms with Crippen LogP contribution in [-0.2, 0) is 45.9 Å². The Balaban J connectivity index is 0.00000172. The van der Waals surface area contributed by atoms with Crippen LogP contribution in [0.15, 0.2) is 46.2 Å². The zero-order valence-electron chi connectivity index (χ0n) is 59.7. The van der Waals surface area contributed by atoms with E-state index < -0.39 is 20.2 Å². The molecule has 0 spiro atoms. The van der Waals surface area contributed by atoms with Crippen LogP contribution < -0.4 is 0 Å². The van der Waals surface area contributed by atoms with Gasteiger partial charge in [-0.15, -0.1) is 0 Å². The fourth-order valence-corrected chi connectivity index (χ4v) is 15.0. The van der Waals surface area contributed by atoms with Crippen LogP contribution in [0.5, 0.6) is 0 Å². The van der Waals surface area contributed by atoms with Gasteiger partial charge in [0.25, 0.3) is 0 Å². The van der Waals surface area contributed by atoms with Gasteiger partial charge in [-0.05, 0) is 85.8 Å². The van der Waals surface area contributed by atoms with Crippen molar-refractivity contribution in [3.05, 3.63) is 58.7 Å². The van der Waals surface area contributed by atoms with Crippen LogP contribution in [0.1, 0.15) is 435 Å². The quantitative estimate of drug-likeness (QED) is 0.0370. The smallest absolute Gasteiger partial charge is 0.744 e. The van der Waals surface area contributed by atoms with Gasteiger partial charge in [0.2, 0.25) is 0 Å². The predicted octanol–water partition coefficient (Wildman–Crippen LogP) is 26.5. The van der Waals surface area contributed by atoms with Crippen molar-refractivity contribution in [1.29, 1.82) is 0 Å². The molecule has 0 unspecified atom stereocenters. The molecule has 0 fully saturated rings. The molecule has 0 saturated carbocycles. The van der Waals surface area contributed by atoms with E-state index in [-0.39, 0.29) is 47.5 Å². The largest absolute Gasteiger partial charge is 2.00 e. The van der Waals surface area contributed by atoms with Gasteiger partial charge in [0.1, 0.15) is 20.2 Å². The Hall–Kier alpha value is -0.480. The summed E-state index contributed by atoms with van der Waals surface area (Å²) in [5.41, 5.74) is 3.79. The van der Waals surface area contributed by atoms with Crippen molar-refractivity contribution in [2.75, 3.05) is 0 Å². The molecule has 0 N–H and O–H groups in total. The number of rotatable bonds is 66. The van der Waals surface area contributed by atoms with Crippen molar-refractivity contribution < 1.29 is 25.9 Å². The van der Waals surface area contributed by atoms with Gasteiger partial charge >= 0.3 is 37.7 Å². The van der Waals surface area contributed by atoms with Crippen LogP contribution in [0.25, 0.3) is 0 Å². The molecule has 0 aliphatic rings. The van der Waals surface area contributed by atoms with E-state index in [1.807, 2.05) is 0 Å². The standard InChI is InChI=1S/2C40H74O3S.Ca/c2*1-3-5-7-9-11-13-15-17-19-21-23-25-27-29-31-34-38-35-33-37-40(44(41,42)43)39(38)36-32-30-28-26-24-22-20-18-16-14-12-10-8-6-4-2;/h2*33,35,37H,3-32,34,36H2,1-2H3,(H,41,42,43);/q;;+2/p-2. The van der Waals surface area contributed by atoms with E-state index in [4.69, 9.17) is 0 Å². The number of hydrogen-bond acceptors (Lipinski definition) is 6. The van der Waals surface area contributed by atoms with Gasteiger partial charge in [-0.3, -0.25) is 0 Å². The fourth-order valence-electron chi connectivity index (χ4n) is 13.4. The van der Waals surface area contributed by atoms with Gasteiger partial charge < -0.3 is 9.11 Å². The summed E-state index contributed by atoms with van der Waals surface area (Å²) in [5.74, 6) is 0. The minimum atomic E-state index is -4.44. The average molecular weight is 1310 g/mol. The zero-order chi connectivity index (χ0) is 64.0. The molecular formula is C80H146CaO6S2. The summed E-state index contributed by atoms with van der Waals surface area (Å²) in [6, 6.07) is 10.7. The Bertz CT molecular complexity index is 1880. The SMILES string of the molecule is CCCCCCCCCCCCCCCCCc1cccc(S(=O)(=O)[O-])c1CCCCCCCCCCCCCCCCC.CCCCCCCCCCCCCCCCCc1cccc(S(=O)(=O)[O-])c1CCCCCCCCCCCCCCCCC.[Ca+2]. The maximum atomic E-state index is 12.0. The third kappa shape index (κ3) is 55.4. The molecule has 0 aromatic heterocycles. The third-order valence-corrected chi connectivity index (χ3v) is 21.0. The van der Waals surface area contributed by atoms with Crippen molar-refractivity contribution >= 4 is 58.0 Å². The van der Waals surface area contributed by atoms with E-state index in [2.05, 4.69) is 39.8 Å². The van der Waals surface area contributed by atoms with Crippen molar-refractivity contribution in [2.24, 2.45) is 0 Å². The molecule has 2 rings (SSSR count). The molecule has 0 saturated heterocycles. The molecule has 0 aliphatic carbocycles. The summed E-state index contributed by atoms with van der Waals surface area (Å²) in [7, 11) is -8.87. The van der Waals surface area contributed by atoms with E-state index in [0.29, 0.717) is 12.8 Å². The van der Waals surface area contributed by atoms with Crippen molar-refractivity contribution in [3.8, 4) is 0 Å². The Labute approximate surface area is 586 Å². The fraction of sp³-hybridized carbons (Fsp3) is 0.850. The van der Waals surface area contributed by atoms with Crippen molar-refractivity contribution in [3.63, 3.8) is 0 Å². The van der Waals surface area contributed by atoms with Gasteiger partial charge in [0.05, 0.1) is 9.79 Å². The third-order valence-electron chi connectivity index (χ3n) is 19.2. The maximum Gasteiger partial charge on any atom is 2.00 e. The molecule has 2 aromatic rings. The van der Waals surface area contributed by atoms with Crippen LogP contribution in [0.4, 0.5) is 0 Å². The van der Waals surface area contributed by atoms with Crippen LogP contribution in [0.2, 0.25) is 0 Å². The van der Waals surface area contributed by atoms with Gasteiger partial charge in [-0.25, -0.2) is 16.8 Å². The first-order valence-corrected chi connectivity index (χ1v) is 42.0. The van der Waals surface area contributed by atoms with E-state index in [1.165, 1.54) is 359 Å². The summed E-state index contributed by atoms with van der Waals surface area (Å²) in [6.07, 6.45) is 82.9. The second kappa shape index (κ2) is 66.1. The molecule has 2 aromatic carbocycles. The van der Waals surface area contributed by atoms with Crippen LogP contribution >= 0.6 is 0 Å². The second-order valence-electron chi connectivity index (χ2n) is 27.5. The summed E-state index contributed by atoms with van der Waals surface area (Å²) in [4.78, 5) is 0.0580. The first-order chi connectivity index (χ1) is 43.0. The molecule has 9 heteroatoms. The van der Waals surface area contributed by atoms with E-state index >= 15 is 0 Å². The summed E-state index contributed by atoms with van der Waals surface area (Å²) in [6.45, 7) is 9.11. The molecule has 0 radical (unpaired) electrons. The molecule has 0 bridgehead atoms. The van der Waals surface area contributed by atoms with Crippen LogP contribution in [0, 0.1) is 0 Å². The molecule has 89 heavy (non-hydrogen) atoms. The Morgan fingerprint density at radius 2 is 0.371 bits per heavy atom. The molecule has 516 valence electrons. The normalized spacial score (nSPS) is 11.8. The Morgan fingerprint density at radius 3 is 0.528 bits per heavy atom. The monoisotopic (exact) mass is 1310 g/mol. The second-order valence-corrected chi connectivity index (χ2v) is 30.2. The minimum Gasteiger partial charge on any atom is -0.744 e. The molecule has 0 heterocycles. The Kier molecular flexibility index (Phi) is 65.8. The van der Waals surface area contributed by atoms with E-state index in [0.717, 1.165) is 73.6 Å². The predicted molar refractivity (Wildman–Crippen MR) is 389 cm³/mol. The molecule has 6 nitrogen and oxygen atoms in total. The van der Waals surface area contributed by atoms with Gasteiger partial charge in [-0.2, -0.15) is 0 Å². The van der Waals surface area contributed by atoms with Gasteiger partial charge in [0.15, 0.2) is 0 Å². The van der Waals surface area contributed by atoms with E-state index in [9.17, 15) is 25.9 Å². The summed E-state index contributed by atoms with van der Waals surface area (Å²) < 4.78 is 72.1. The number of aryl methyl sites for hydroxylation is 2. The van der Waals surface area contributed by atoms with Crippen molar-refractivity contribution in [1.82, 2.24) is 0 Å². The zero-order valence-corrected chi connectivity index (χ0v) is 63.5. The summed E-state index contributed by atoms with van der Waals surface area (Å²) >= 11 is 0. The molecule has 0 amide bonds. The number of hydrogen-bond donors (Lipinski definition) is 0. The Morgan fingerprint density at radius 1 is 0.225 bits per heavy atom. The maximum absolute atomic E-state index is 12.0. The first-order valence-electron chi connectivity index (χ1n) is 39.1. The number of unbranched alkanes of at least 4 members (excludes halogenated alkanes) is 56. The van der Waals surface area contributed by atoms with Crippen LogP contribution in [-0.4, -0.2) is 63.7 Å². The van der Waals surface area contributed by atoms with Crippen molar-refractivity contribution in [2.45, 2.75) is 448 Å². The number of benzene rings is 2. The van der Waals surface area contributed by atoms with Crippen LogP contribution in [0.3, 0.4) is 0 Å². The summed E-state index contributed by atoms with van der Waals surface area (Å²) in [5, 5.41) is 0. The van der Waals surface area contributed by atoms with E-state index in [1.54, 1.807) is 12.1 Å².